The second-order valence-electron chi connectivity index (χ2n) is 1.30. The first-order chi connectivity index (χ1) is 4.20. The maximum atomic E-state index is 10.2. The molecule has 0 aromatic carbocycles. The van der Waals surface area contributed by atoms with E-state index in [0.717, 1.165) is 0 Å². The average molecular weight is 131 g/mol. The summed E-state index contributed by atoms with van der Waals surface area (Å²) >= 11 is 0. The molecule has 0 fully saturated rings. The SMILES string of the molecule is CC(=O)N/C(=N/N)NN. The Morgan fingerprint density at radius 2 is 2.22 bits per heavy atom. The Kier molecular flexibility index (Phi) is 3.14. The number of hydrogen-bond acceptors (Lipinski definition) is 4. The molecule has 0 aliphatic carbocycles. The fourth-order valence-corrected chi connectivity index (χ4v) is 0.272. The molecule has 0 saturated carbocycles. The van der Waals surface area contributed by atoms with Gasteiger partial charge in [0.05, 0.1) is 0 Å². The van der Waals surface area contributed by atoms with Crippen LogP contribution in [-0.2, 0) is 4.79 Å². The van der Waals surface area contributed by atoms with Crippen molar-refractivity contribution in [1.29, 1.82) is 0 Å². The third kappa shape index (κ3) is 3.30. The standard InChI is InChI=1S/C3H9N5O/c1-2(9)6-3(7-4)8-5/h4-5H2,1H3,(H2,6,7,8,9). The second-order valence-corrected chi connectivity index (χ2v) is 1.30. The van der Waals surface area contributed by atoms with Crippen LogP contribution < -0.4 is 22.4 Å². The number of hydrazine groups is 1. The van der Waals surface area contributed by atoms with Crippen molar-refractivity contribution >= 4 is 11.9 Å². The lowest BCUT2D eigenvalue weighted by Gasteiger charge is -2.01. The van der Waals surface area contributed by atoms with E-state index in [4.69, 9.17) is 11.7 Å². The van der Waals surface area contributed by atoms with Gasteiger partial charge in [0.2, 0.25) is 11.9 Å². The van der Waals surface area contributed by atoms with Crippen LogP contribution in [0.5, 0.6) is 0 Å². The van der Waals surface area contributed by atoms with Gasteiger partial charge in [-0.25, -0.2) is 5.84 Å². The highest BCUT2D eigenvalue weighted by Crippen LogP contribution is 1.59. The van der Waals surface area contributed by atoms with Crippen molar-refractivity contribution in [2.75, 3.05) is 0 Å². The molecule has 0 aliphatic heterocycles. The highest BCUT2D eigenvalue weighted by atomic mass is 16.1. The Morgan fingerprint density at radius 1 is 1.67 bits per heavy atom. The summed E-state index contributed by atoms with van der Waals surface area (Å²) in [6.45, 7) is 1.32. The first kappa shape index (κ1) is 7.70. The Balaban J connectivity index is 3.71. The highest BCUT2D eigenvalue weighted by Gasteiger charge is 1.94. The predicted molar refractivity (Wildman–Crippen MR) is 32.8 cm³/mol. The van der Waals surface area contributed by atoms with E-state index in [2.05, 4.69) is 15.8 Å². The Bertz CT molecular complexity index is 130. The molecule has 6 nitrogen and oxygen atoms in total. The molecule has 6 heteroatoms. The topological polar surface area (TPSA) is 106 Å². The third-order valence-electron chi connectivity index (χ3n) is 0.560. The maximum absolute atomic E-state index is 10.2. The molecular weight excluding hydrogens is 122 g/mol. The molecule has 52 valence electrons. The first-order valence-corrected chi connectivity index (χ1v) is 2.22. The van der Waals surface area contributed by atoms with Crippen molar-refractivity contribution in [3.05, 3.63) is 0 Å². The van der Waals surface area contributed by atoms with Crippen LogP contribution in [0.4, 0.5) is 0 Å². The van der Waals surface area contributed by atoms with Crippen LogP contribution in [0.1, 0.15) is 6.92 Å². The van der Waals surface area contributed by atoms with Crippen molar-refractivity contribution in [2.24, 2.45) is 16.8 Å². The molecular formula is C3H9N5O. The predicted octanol–water partition coefficient (Wildman–Crippen LogP) is -2.18. The molecule has 0 aromatic rings. The minimum atomic E-state index is -0.280. The number of nitrogens with one attached hydrogen (secondary N) is 2. The number of hydrogen-bond donors (Lipinski definition) is 4. The third-order valence-corrected chi connectivity index (χ3v) is 0.560. The maximum Gasteiger partial charge on any atom is 0.234 e. The van der Waals surface area contributed by atoms with Crippen LogP contribution in [0.2, 0.25) is 0 Å². The summed E-state index contributed by atoms with van der Waals surface area (Å²) in [5, 5.41) is 5.32. The van der Waals surface area contributed by atoms with Gasteiger partial charge >= 0.3 is 0 Å². The molecule has 6 N–H and O–H groups in total. The molecule has 0 bridgehead atoms. The van der Waals surface area contributed by atoms with Crippen LogP contribution in [0, 0.1) is 0 Å². The van der Waals surface area contributed by atoms with Crippen molar-refractivity contribution in [3.8, 4) is 0 Å². The molecule has 0 radical (unpaired) electrons. The number of nitrogens with two attached hydrogens (primary N) is 2. The second kappa shape index (κ2) is 3.67. The molecule has 0 unspecified atom stereocenters. The normalized spacial score (nSPS) is 10.7. The largest absolute Gasteiger partial charge is 0.320 e. The summed E-state index contributed by atoms with van der Waals surface area (Å²) in [4.78, 5) is 10.2. The van der Waals surface area contributed by atoms with E-state index >= 15 is 0 Å². The van der Waals surface area contributed by atoms with E-state index < -0.39 is 0 Å². The Morgan fingerprint density at radius 3 is 2.33 bits per heavy atom. The van der Waals surface area contributed by atoms with Crippen molar-refractivity contribution in [1.82, 2.24) is 10.7 Å². The van der Waals surface area contributed by atoms with E-state index in [1.807, 2.05) is 0 Å². The minimum absolute atomic E-state index is 0.0440. The van der Waals surface area contributed by atoms with Crippen LogP contribution in [0.25, 0.3) is 0 Å². The van der Waals surface area contributed by atoms with Gasteiger partial charge in [-0.15, -0.1) is 5.10 Å². The van der Waals surface area contributed by atoms with E-state index in [1.165, 1.54) is 6.92 Å². The Hall–Kier alpha value is -1.30. The lowest BCUT2D eigenvalue weighted by molar-refractivity contribution is -0.117. The number of hydrazone groups is 1. The van der Waals surface area contributed by atoms with Gasteiger partial charge in [0.15, 0.2) is 0 Å². The van der Waals surface area contributed by atoms with Gasteiger partial charge in [-0.1, -0.05) is 0 Å². The molecule has 1 amide bonds. The Labute approximate surface area is 52.2 Å². The zero-order valence-electron chi connectivity index (χ0n) is 5.01. The zero-order chi connectivity index (χ0) is 7.28. The number of carbonyl (C=O) groups is 1. The first-order valence-electron chi connectivity index (χ1n) is 2.22. The van der Waals surface area contributed by atoms with Crippen molar-refractivity contribution in [2.45, 2.75) is 6.92 Å². The highest BCUT2D eigenvalue weighted by molar-refractivity contribution is 5.95. The lowest BCUT2D eigenvalue weighted by atomic mass is 10.7. The summed E-state index contributed by atoms with van der Waals surface area (Å²) in [6, 6.07) is 0. The molecule has 0 saturated heterocycles. The van der Waals surface area contributed by atoms with E-state index in [0.29, 0.717) is 0 Å². The van der Waals surface area contributed by atoms with Crippen LogP contribution in [0.3, 0.4) is 0 Å². The molecule has 0 atom stereocenters. The molecule has 0 aromatic heterocycles. The van der Waals surface area contributed by atoms with E-state index in [9.17, 15) is 4.79 Å². The molecule has 0 heterocycles. The molecule has 0 aliphatic rings. The summed E-state index contributed by atoms with van der Waals surface area (Å²) in [7, 11) is 0. The van der Waals surface area contributed by atoms with Gasteiger partial charge in [-0.3, -0.25) is 15.5 Å². The van der Waals surface area contributed by atoms with Gasteiger partial charge < -0.3 is 5.84 Å². The molecule has 9 heavy (non-hydrogen) atoms. The van der Waals surface area contributed by atoms with Gasteiger partial charge in [-0.2, -0.15) is 0 Å². The number of carbonyl (C=O) groups excluding carboxylic acids is 1. The van der Waals surface area contributed by atoms with Gasteiger partial charge in [-0.05, 0) is 0 Å². The fraction of sp³-hybridized carbons (Fsp3) is 0.333. The summed E-state index contributed by atoms with van der Waals surface area (Å²) in [6.07, 6.45) is 0. The van der Waals surface area contributed by atoms with Crippen molar-refractivity contribution in [3.63, 3.8) is 0 Å². The average Bonchev–Trinajstić information content (AvgIpc) is 1.82. The number of amides is 1. The summed E-state index contributed by atoms with van der Waals surface area (Å²) in [5.41, 5.74) is 2.08. The van der Waals surface area contributed by atoms with Crippen LogP contribution in [-0.4, -0.2) is 11.9 Å². The number of guanidine groups is 1. The fourth-order valence-electron chi connectivity index (χ4n) is 0.272. The quantitative estimate of drug-likeness (QED) is 0.130. The zero-order valence-corrected chi connectivity index (χ0v) is 5.01. The number of rotatable bonds is 0. The van der Waals surface area contributed by atoms with Crippen LogP contribution in [0.15, 0.2) is 5.10 Å². The summed E-state index contributed by atoms with van der Waals surface area (Å²) < 4.78 is 0. The van der Waals surface area contributed by atoms with Gasteiger partial charge in [0, 0.05) is 6.92 Å². The van der Waals surface area contributed by atoms with Crippen LogP contribution >= 0.6 is 0 Å². The molecule has 0 spiro atoms. The number of nitrogens with zero attached hydrogens (tertiary/aromatic N) is 1. The molecule has 0 rings (SSSR count). The van der Waals surface area contributed by atoms with Gasteiger partial charge in [0.25, 0.3) is 0 Å². The van der Waals surface area contributed by atoms with Crippen molar-refractivity contribution < 1.29 is 4.79 Å². The monoisotopic (exact) mass is 131 g/mol. The van der Waals surface area contributed by atoms with E-state index in [-0.39, 0.29) is 11.9 Å². The minimum Gasteiger partial charge on any atom is -0.320 e. The van der Waals surface area contributed by atoms with E-state index in [1.54, 1.807) is 0 Å². The summed E-state index contributed by atoms with van der Waals surface area (Å²) in [5.74, 6) is 9.38. The lowest BCUT2D eigenvalue weighted by Crippen LogP contribution is -2.44. The van der Waals surface area contributed by atoms with Gasteiger partial charge in [0.1, 0.15) is 0 Å². The smallest absolute Gasteiger partial charge is 0.234 e.